The SMILES string of the molecule is CCN1CCN(Cc2ccc(NC(=O)C[C@](C)(O)C(F)(F)F)cc2)CC1. The van der Waals surface area contributed by atoms with Gasteiger partial charge >= 0.3 is 6.18 Å². The maximum Gasteiger partial charge on any atom is 0.417 e. The van der Waals surface area contributed by atoms with Gasteiger partial charge in [0, 0.05) is 38.4 Å². The topological polar surface area (TPSA) is 55.8 Å². The van der Waals surface area contributed by atoms with Crippen LogP contribution in [0.15, 0.2) is 24.3 Å². The Morgan fingerprint density at radius 3 is 2.15 bits per heavy atom. The number of anilines is 1. The first-order valence-electron chi connectivity index (χ1n) is 8.73. The number of nitrogens with one attached hydrogen (secondary N) is 1. The first-order chi connectivity index (χ1) is 12.1. The van der Waals surface area contributed by atoms with Crippen LogP contribution in [0.3, 0.4) is 0 Å². The van der Waals surface area contributed by atoms with Crippen LogP contribution in [-0.4, -0.2) is 65.3 Å². The Bertz CT molecular complexity index is 595. The summed E-state index contributed by atoms with van der Waals surface area (Å²) in [7, 11) is 0. The van der Waals surface area contributed by atoms with E-state index in [-0.39, 0.29) is 0 Å². The third-order valence-corrected chi connectivity index (χ3v) is 4.67. The van der Waals surface area contributed by atoms with Gasteiger partial charge in [0.25, 0.3) is 0 Å². The quantitative estimate of drug-likeness (QED) is 0.804. The van der Waals surface area contributed by atoms with Gasteiger partial charge in [0.1, 0.15) is 0 Å². The molecule has 1 amide bonds. The summed E-state index contributed by atoms with van der Waals surface area (Å²) in [6, 6.07) is 7.03. The highest BCUT2D eigenvalue weighted by Crippen LogP contribution is 2.32. The molecular formula is C18H26F3N3O2. The molecule has 5 nitrogen and oxygen atoms in total. The van der Waals surface area contributed by atoms with E-state index in [9.17, 15) is 23.1 Å². The smallest absolute Gasteiger partial charge is 0.380 e. The maximum absolute atomic E-state index is 12.6. The van der Waals surface area contributed by atoms with E-state index in [1.54, 1.807) is 12.1 Å². The number of likely N-dealkylation sites (N-methyl/N-ethyl adjacent to an activating group) is 1. The lowest BCUT2D eigenvalue weighted by atomic mass is 10.0. The second-order valence-electron chi connectivity index (χ2n) is 6.90. The summed E-state index contributed by atoms with van der Waals surface area (Å²) < 4.78 is 37.9. The fourth-order valence-electron chi connectivity index (χ4n) is 2.83. The number of aliphatic hydroxyl groups is 1. The number of hydrogen-bond acceptors (Lipinski definition) is 4. The molecule has 0 aliphatic carbocycles. The lowest BCUT2D eigenvalue weighted by Gasteiger charge is -2.34. The van der Waals surface area contributed by atoms with E-state index in [0.29, 0.717) is 12.6 Å². The first kappa shape index (κ1) is 20.7. The van der Waals surface area contributed by atoms with Gasteiger partial charge in [-0.15, -0.1) is 0 Å². The molecule has 1 aromatic rings. The van der Waals surface area contributed by atoms with E-state index < -0.39 is 24.1 Å². The van der Waals surface area contributed by atoms with Gasteiger partial charge in [-0.3, -0.25) is 9.69 Å². The monoisotopic (exact) mass is 373 g/mol. The number of alkyl halides is 3. The molecule has 1 fully saturated rings. The van der Waals surface area contributed by atoms with Crippen LogP contribution in [0.4, 0.5) is 18.9 Å². The summed E-state index contributed by atoms with van der Waals surface area (Å²) >= 11 is 0. The zero-order valence-electron chi connectivity index (χ0n) is 15.1. The molecule has 1 atom stereocenters. The zero-order valence-corrected chi connectivity index (χ0v) is 15.1. The minimum atomic E-state index is -4.85. The maximum atomic E-state index is 12.6. The number of nitrogens with zero attached hydrogens (tertiary/aromatic N) is 2. The Balaban J connectivity index is 1.85. The third kappa shape index (κ3) is 5.69. The van der Waals surface area contributed by atoms with Crippen LogP contribution < -0.4 is 5.32 Å². The van der Waals surface area contributed by atoms with Crippen LogP contribution in [0.5, 0.6) is 0 Å². The van der Waals surface area contributed by atoms with Crippen LogP contribution >= 0.6 is 0 Å². The van der Waals surface area contributed by atoms with Crippen molar-refractivity contribution in [1.29, 1.82) is 0 Å². The Kier molecular flexibility index (Phi) is 6.65. The summed E-state index contributed by atoms with van der Waals surface area (Å²) in [4.78, 5) is 16.5. The van der Waals surface area contributed by atoms with Gasteiger partial charge in [-0.2, -0.15) is 13.2 Å². The zero-order chi connectivity index (χ0) is 19.4. The van der Waals surface area contributed by atoms with Crippen molar-refractivity contribution in [3.05, 3.63) is 29.8 Å². The van der Waals surface area contributed by atoms with Crippen LogP contribution in [0.2, 0.25) is 0 Å². The molecule has 0 saturated carbocycles. The minimum absolute atomic E-state index is 0.410. The molecule has 0 radical (unpaired) electrons. The van der Waals surface area contributed by atoms with Gasteiger partial charge in [0.15, 0.2) is 5.60 Å². The molecule has 26 heavy (non-hydrogen) atoms. The van der Waals surface area contributed by atoms with Crippen molar-refractivity contribution >= 4 is 11.6 Å². The number of piperazine rings is 1. The van der Waals surface area contributed by atoms with Gasteiger partial charge in [-0.25, -0.2) is 0 Å². The molecule has 8 heteroatoms. The number of amides is 1. The van der Waals surface area contributed by atoms with Gasteiger partial charge in [0.2, 0.25) is 5.91 Å². The number of benzene rings is 1. The van der Waals surface area contributed by atoms with Crippen molar-refractivity contribution in [2.45, 2.75) is 38.6 Å². The lowest BCUT2D eigenvalue weighted by molar-refractivity contribution is -0.252. The summed E-state index contributed by atoms with van der Waals surface area (Å²) in [6.45, 7) is 8.69. The molecule has 1 aromatic carbocycles. The summed E-state index contributed by atoms with van der Waals surface area (Å²) in [5.74, 6) is -0.879. The number of rotatable bonds is 6. The summed E-state index contributed by atoms with van der Waals surface area (Å²) in [6.07, 6.45) is -5.89. The van der Waals surface area contributed by atoms with Gasteiger partial charge < -0.3 is 15.3 Å². The molecule has 1 aliphatic rings. The van der Waals surface area contributed by atoms with Crippen molar-refractivity contribution < 1.29 is 23.1 Å². The Morgan fingerprint density at radius 2 is 1.65 bits per heavy atom. The largest absolute Gasteiger partial charge is 0.417 e. The highest BCUT2D eigenvalue weighted by molar-refractivity contribution is 5.91. The first-order valence-corrected chi connectivity index (χ1v) is 8.73. The van der Waals surface area contributed by atoms with E-state index in [0.717, 1.165) is 44.8 Å². The van der Waals surface area contributed by atoms with Crippen molar-refractivity contribution in [1.82, 2.24) is 9.80 Å². The third-order valence-electron chi connectivity index (χ3n) is 4.67. The Morgan fingerprint density at radius 1 is 1.12 bits per heavy atom. The van der Waals surface area contributed by atoms with Crippen LogP contribution in [0.25, 0.3) is 0 Å². The predicted molar refractivity (Wildman–Crippen MR) is 93.8 cm³/mol. The van der Waals surface area contributed by atoms with Crippen molar-refractivity contribution in [3.8, 4) is 0 Å². The normalized spacial score (nSPS) is 19.2. The average Bonchev–Trinajstić information content (AvgIpc) is 2.56. The Labute approximate surface area is 151 Å². The van der Waals surface area contributed by atoms with E-state index in [4.69, 9.17) is 0 Å². The molecule has 1 aliphatic heterocycles. The highest BCUT2D eigenvalue weighted by Gasteiger charge is 2.50. The molecule has 0 unspecified atom stereocenters. The number of hydrogen-bond donors (Lipinski definition) is 2. The molecule has 1 heterocycles. The average molecular weight is 373 g/mol. The predicted octanol–water partition coefficient (Wildman–Crippen LogP) is 2.47. The van der Waals surface area contributed by atoms with Crippen LogP contribution in [0.1, 0.15) is 25.8 Å². The molecule has 2 rings (SSSR count). The van der Waals surface area contributed by atoms with E-state index in [2.05, 4.69) is 22.0 Å². The van der Waals surface area contributed by atoms with Gasteiger partial charge in [-0.1, -0.05) is 19.1 Å². The summed E-state index contributed by atoms with van der Waals surface area (Å²) in [5, 5.41) is 11.8. The second kappa shape index (κ2) is 8.37. The second-order valence-corrected chi connectivity index (χ2v) is 6.90. The van der Waals surface area contributed by atoms with Crippen molar-refractivity contribution in [2.24, 2.45) is 0 Å². The van der Waals surface area contributed by atoms with E-state index >= 15 is 0 Å². The minimum Gasteiger partial charge on any atom is -0.380 e. The molecular weight excluding hydrogens is 347 g/mol. The molecule has 0 aromatic heterocycles. The summed E-state index contributed by atoms with van der Waals surface area (Å²) in [5.41, 5.74) is -1.56. The molecule has 1 saturated heterocycles. The van der Waals surface area contributed by atoms with Gasteiger partial charge in [-0.05, 0) is 31.2 Å². The van der Waals surface area contributed by atoms with Crippen molar-refractivity contribution in [3.63, 3.8) is 0 Å². The number of halogens is 3. The van der Waals surface area contributed by atoms with Crippen molar-refractivity contribution in [2.75, 3.05) is 38.0 Å². The fraction of sp³-hybridized carbons (Fsp3) is 0.611. The Hall–Kier alpha value is -1.64. The number of carbonyl (C=O) groups is 1. The standard InChI is InChI=1S/C18H26F3N3O2/c1-3-23-8-10-24(11-9-23)13-14-4-6-15(7-5-14)22-16(25)12-17(2,26)18(19,20)21/h4-7,26H,3,8-13H2,1-2H3,(H,22,25)/t17-/m0/s1. The van der Waals surface area contributed by atoms with Gasteiger partial charge in [0.05, 0.1) is 6.42 Å². The van der Waals surface area contributed by atoms with Crippen LogP contribution in [0, 0.1) is 0 Å². The molecule has 0 spiro atoms. The van der Waals surface area contributed by atoms with E-state index in [1.807, 2.05) is 12.1 Å². The number of carbonyl (C=O) groups excluding carboxylic acids is 1. The molecule has 0 bridgehead atoms. The fourth-order valence-corrected chi connectivity index (χ4v) is 2.83. The molecule has 2 N–H and O–H groups in total. The lowest BCUT2D eigenvalue weighted by Crippen LogP contribution is -2.45. The van der Waals surface area contributed by atoms with Crippen LogP contribution in [-0.2, 0) is 11.3 Å². The highest BCUT2D eigenvalue weighted by atomic mass is 19.4. The molecule has 146 valence electrons. The van der Waals surface area contributed by atoms with E-state index in [1.165, 1.54) is 0 Å².